The lowest BCUT2D eigenvalue weighted by Crippen LogP contribution is -2.43. The number of amides is 1. The first kappa shape index (κ1) is 26.5. The number of rotatable bonds is 7. The largest absolute Gasteiger partial charge is 0.497 e. The van der Waals surface area contributed by atoms with Crippen molar-refractivity contribution in [3.05, 3.63) is 90.7 Å². The van der Waals surface area contributed by atoms with E-state index in [-0.39, 0.29) is 11.5 Å². The third-order valence-electron chi connectivity index (χ3n) is 7.25. The minimum Gasteiger partial charge on any atom is -0.497 e. The lowest BCUT2D eigenvalue weighted by atomic mass is 9.93. The standard InChI is InChI=1S/C30H32N4O4S/c1-7-33(8-2)29(36)26-18(3)31-30-34(27(26)22-16-20(37-5)13-14-24(22)38-6)28(35)25(39-30)15-19-17-32(4)23-12-10-9-11-21(19)23/h9-17,27H,7-8H2,1-6H3/b25-15+/t27-/m0/s1. The Morgan fingerprint density at radius 1 is 1.13 bits per heavy atom. The number of likely N-dealkylation sites (N-methyl/N-ethyl adjacent to an activating group) is 1. The molecule has 0 saturated carbocycles. The van der Waals surface area contributed by atoms with Gasteiger partial charge in [0.05, 0.1) is 30.0 Å². The smallest absolute Gasteiger partial charge is 0.271 e. The molecule has 1 aliphatic rings. The quantitative estimate of drug-likeness (QED) is 0.356. The molecule has 1 aliphatic heterocycles. The van der Waals surface area contributed by atoms with Gasteiger partial charge in [-0.25, -0.2) is 4.99 Å². The third-order valence-corrected chi connectivity index (χ3v) is 8.23. The van der Waals surface area contributed by atoms with Crippen LogP contribution in [0.2, 0.25) is 0 Å². The summed E-state index contributed by atoms with van der Waals surface area (Å²) in [7, 11) is 5.16. The summed E-state index contributed by atoms with van der Waals surface area (Å²) in [6, 6.07) is 12.8. The van der Waals surface area contributed by atoms with Crippen LogP contribution in [0.15, 0.2) is 69.7 Å². The van der Waals surface area contributed by atoms with Gasteiger partial charge in [-0.3, -0.25) is 14.2 Å². The van der Waals surface area contributed by atoms with Crippen LogP contribution in [-0.4, -0.2) is 47.3 Å². The van der Waals surface area contributed by atoms with Gasteiger partial charge in [0.25, 0.3) is 11.5 Å². The van der Waals surface area contributed by atoms with E-state index in [4.69, 9.17) is 14.5 Å². The third kappa shape index (κ3) is 4.46. The van der Waals surface area contributed by atoms with Gasteiger partial charge in [0.15, 0.2) is 4.80 Å². The summed E-state index contributed by atoms with van der Waals surface area (Å²) in [5, 5.41) is 1.06. The summed E-state index contributed by atoms with van der Waals surface area (Å²) in [5.41, 5.74) is 3.52. The maximum absolute atomic E-state index is 14.1. The molecule has 0 unspecified atom stereocenters. The van der Waals surface area contributed by atoms with Crippen molar-refractivity contribution in [2.45, 2.75) is 26.8 Å². The molecule has 8 nitrogen and oxygen atoms in total. The van der Waals surface area contributed by atoms with E-state index in [1.54, 1.807) is 35.8 Å². The zero-order chi connectivity index (χ0) is 27.8. The van der Waals surface area contributed by atoms with Crippen molar-refractivity contribution in [3.8, 4) is 11.5 Å². The zero-order valence-corrected chi connectivity index (χ0v) is 23.8. The summed E-state index contributed by atoms with van der Waals surface area (Å²) in [6.07, 6.45) is 3.93. The number of carbonyl (C=O) groups is 1. The molecule has 0 saturated heterocycles. The van der Waals surface area contributed by atoms with Gasteiger partial charge in [-0.05, 0) is 51.1 Å². The number of thiazole rings is 1. The van der Waals surface area contributed by atoms with Crippen LogP contribution in [-0.2, 0) is 11.8 Å². The van der Waals surface area contributed by atoms with Gasteiger partial charge in [0, 0.05) is 48.4 Å². The molecule has 1 atom stereocenters. The molecule has 1 amide bonds. The Hall–Kier alpha value is -4.11. The molecule has 39 heavy (non-hydrogen) atoms. The van der Waals surface area contributed by atoms with Crippen LogP contribution >= 0.6 is 11.3 Å². The normalized spacial score (nSPS) is 15.3. The number of ether oxygens (including phenoxy) is 2. The SMILES string of the molecule is CCN(CC)C(=O)C1=C(C)N=c2s/c(=C/c3cn(C)c4ccccc34)c(=O)n2[C@H]1c1cc(OC)ccc1OC. The fourth-order valence-corrected chi connectivity index (χ4v) is 6.29. The topological polar surface area (TPSA) is 78.1 Å². The van der Waals surface area contributed by atoms with E-state index in [1.165, 1.54) is 11.3 Å². The molecule has 2 aromatic heterocycles. The number of hydrogen-bond donors (Lipinski definition) is 0. The van der Waals surface area contributed by atoms with Gasteiger partial charge in [-0.1, -0.05) is 29.5 Å². The molecule has 4 aromatic rings. The number of para-hydroxylation sites is 1. The van der Waals surface area contributed by atoms with Gasteiger partial charge < -0.3 is 18.9 Å². The average Bonchev–Trinajstić information content (AvgIpc) is 3.43. The number of fused-ring (bicyclic) bond motifs is 2. The van der Waals surface area contributed by atoms with E-state index in [0.717, 1.165) is 16.5 Å². The summed E-state index contributed by atoms with van der Waals surface area (Å²) in [5.74, 6) is 1.01. The summed E-state index contributed by atoms with van der Waals surface area (Å²) in [6.45, 7) is 6.80. The van der Waals surface area contributed by atoms with E-state index in [9.17, 15) is 9.59 Å². The maximum atomic E-state index is 14.1. The van der Waals surface area contributed by atoms with Crippen molar-refractivity contribution < 1.29 is 14.3 Å². The lowest BCUT2D eigenvalue weighted by molar-refractivity contribution is -0.127. The van der Waals surface area contributed by atoms with Crippen molar-refractivity contribution in [1.82, 2.24) is 14.0 Å². The van der Waals surface area contributed by atoms with E-state index >= 15 is 0 Å². The predicted molar refractivity (Wildman–Crippen MR) is 154 cm³/mol. The first-order chi connectivity index (χ1) is 18.8. The predicted octanol–water partition coefficient (Wildman–Crippen LogP) is 3.61. The van der Waals surface area contributed by atoms with Gasteiger partial charge in [-0.2, -0.15) is 0 Å². The monoisotopic (exact) mass is 544 g/mol. The fraction of sp³-hybridized carbons (Fsp3) is 0.300. The van der Waals surface area contributed by atoms with Crippen molar-refractivity contribution in [1.29, 1.82) is 0 Å². The Balaban J connectivity index is 1.80. The Kier molecular flexibility index (Phi) is 7.18. The average molecular weight is 545 g/mol. The molecule has 0 radical (unpaired) electrons. The van der Waals surface area contributed by atoms with Crippen LogP contribution in [0.4, 0.5) is 0 Å². The maximum Gasteiger partial charge on any atom is 0.271 e. The number of carbonyl (C=O) groups excluding carboxylic acids is 1. The highest BCUT2D eigenvalue weighted by molar-refractivity contribution is 7.07. The van der Waals surface area contributed by atoms with Crippen molar-refractivity contribution in [2.75, 3.05) is 27.3 Å². The number of allylic oxidation sites excluding steroid dienone is 1. The first-order valence-corrected chi connectivity index (χ1v) is 13.7. The molecule has 0 fully saturated rings. The molecule has 0 aliphatic carbocycles. The van der Waals surface area contributed by atoms with E-state index in [2.05, 4.69) is 6.07 Å². The van der Waals surface area contributed by atoms with Gasteiger partial charge >= 0.3 is 0 Å². The molecule has 3 heterocycles. The van der Waals surface area contributed by atoms with Crippen LogP contribution in [0, 0.1) is 0 Å². The molecule has 2 aromatic carbocycles. The van der Waals surface area contributed by atoms with Gasteiger partial charge in [0.1, 0.15) is 17.5 Å². The number of benzene rings is 2. The fourth-order valence-electron chi connectivity index (χ4n) is 5.25. The Morgan fingerprint density at radius 3 is 2.56 bits per heavy atom. The number of methoxy groups -OCH3 is 2. The Morgan fingerprint density at radius 2 is 1.87 bits per heavy atom. The summed E-state index contributed by atoms with van der Waals surface area (Å²) < 4.78 is 15.5. The first-order valence-electron chi connectivity index (χ1n) is 12.9. The molecule has 0 bridgehead atoms. The molecule has 0 spiro atoms. The number of nitrogens with zero attached hydrogens (tertiary/aromatic N) is 4. The van der Waals surface area contributed by atoms with Crippen LogP contribution in [0.5, 0.6) is 11.5 Å². The number of aromatic nitrogens is 2. The van der Waals surface area contributed by atoms with Crippen LogP contribution in [0.1, 0.15) is 37.9 Å². The highest BCUT2D eigenvalue weighted by atomic mass is 32.1. The molecule has 0 N–H and O–H groups in total. The van der Waals surface area contributed by atoms with E-state index in [0.29, 0.717) is 50.8 Å². The molecular weight excluding hydrogens is 512 g/mol. The number of aryl methyl sites for hydroxylation is 1. The van der Waals surface area contributed by atoms with Gasteiger partial charge in [-0.15, -0.1) is 0 Å². The minimum absolute atomic E-state index is 0.153. The second-order valence-electron chi connectivity index (χ2n) is 9.38. The van der Waals surface area contributed by atoms with Crippen LogP contribution < -0.4 is 24.4 Å². The summed E-state index contributed by atoms with van der Waals surface area (Å²) >= 11 is 1.32. The molecule has 202 valence electrons. The minimum atomic E-state index is -0.728. The Bertz CT molecular complexity index is 1790. The highest BCUT2D eigenvalue weighted by Crippen LogP contribution is 2.38. The zero-order valence-electron chi connectivity index (χ0n) is 23.0. The van der Waals surface area contributed by atoms with Crippen molar-refractivity contribution in [3.63, 3.8) is 0 Å². The van der Waals surface area contributed by atoms with E-state index in [1.807, 2.05) is 68.9 Å². The molecule has 9 heteroatoms. The highest BCUT2D eigenvalue weighted by Gasteiger charge is 2.36. The molecule has 5 rings (SSSR count). The van der Waals surface area contributed by atoms with Gasteiger partial charge in [0.2, 0.25) is 0 Å². The van der Waals surface area contributed by atoms with Crippen molar-refractivity contribution >= 4 is 34.2 Å². The Labute approximate surface area is 230 Å². The second kappa shape index (κ2) is 10.6. The molecular formula is C30H32N4O4S. The second-order valence-corrected chi connectivity index (χ2v) is 10.4. The lowest BCUT2D eigenvalue weighted by Gasteiger charge is -2.30. The van der Waals surface area contributed by atoms with Crippen LogP contribution in [0.3, 0.4) is 0 Å². The number of hydrogen-bond acceptors (Lipinski definition) is 6. The van der Waals surface area contributed by atoms with E-state index < -0.39 is 6.04 Å². The summed E-state index contributed by atoms with van der Waals surface area (Å²) in [4.78, 5) is 35.1. The van der Waals surface area contributed by atoms with Crippen molar-refractivity contribution in [2.24, 2.45) is 12.0 Å². The van der Waals surface area contributed by atoms with Crippen LogP contribution in [0.25, 0.3) is 17.0 Å².